The monoisotopic (exact) mass is 562 g/mol. The number of benzene rings is 3. The lowest BCUT2D eigenvalue weighted by atomic mass is 10.1. The minimum atomic E-state index is -4.24. The van der Waals surface area contributed by atoms with Crippen LogP contribution in [0.2, 0.25) is 10.0 Å². The molecule has 37 heavy (non-hydrogen) atoms. The van der Waals surface area contributed by atoms with Gasteiger partial charge < -0.3 is 15.8 Å². The Bertz CT molecular complexity index is 1410. The van der Waals surface area contributed by atoms with Crippen molar-refractivity contribution in [3.63, 3.8) is 0 Å². The molecule has 3 aromatic carbocycles. The maximum Gasteiger partial charge on any atom is 0.417 e. The molecule has 1 fully saturated rings. The number of nitrogens with two attached hydrogens (primary N) is 1. The van der Waals surface area contributed by atoms with Crippen molar-refractivity contribution in [2.24, 2.45) is 5.73 Å². The molecule has 0 aliphatic carbocycles. The average Bonchev–Trinajstić information content (AvgIpc) is 3.36. The average molecular weight is 563 g/mol. The summed E-state index contributed by atoms with van der Waals surface area (Å²) in [6.45, 7) is 0.241. The fraction of sp³-hybridized carbons (Fsp3) is 0.200. The second kappa shape index (κ2) is 11.5. The van der Waals surface area contributed by atoms with Crippen LogP contribution in [-0.2, 0) is 27.9 Å². The zero-order valence-electron chi connectivity index (χ0n) is 19.5. The molecule has 194 valence electrons. The van der Waals surface area contributed by atoms with Gasteiger partial charge in [-0.05, 0) is 41.5 Å². The molecule has 3 aromatic rings. The standard InChI is InChI=1S/C25H24Cl2N4O5S/c26-21-10-9-20(14-22(21)27)37(34,35)31-12-11-30(25(33)36-19-7-2-1-3-8-19)24(31)23(32)29-16-18-6-4-5-17(13-18)15-28/h1-10,13-14,24H,11-12,15-16,28H2,(H,29,32). The van der Waals surface area contributed by atoms with E-state index in [9.17, 15) is 18.0 Å². The highest BCUT2D eigenvalue weighted by Gasteiger charge is 2.47. The van der Waals surface area contributed by atoms with E-state index in [0.717, 1.165) is 20.3 Å². The van der Waals surface area contributed by atoms with E-state index in [1.807, 2.05) is 18.2 Å². The molecule has 12 heteroatoms. The first-order chi connectivity index (χ1) is 17.7. The van der Waals surface area contributed by atoms with E-state index in [-0.39, 0.29) is 40.3 Å². The normalized spacial score (nSPS) is 16.0. The molecule has 2 amide bonds. The van der Waals surface area contributed by atoms with E-state index >= 15 is 0 Å². The number of amides is 2. The predicted octanol–water partition coefficient (Wildman–Crippen LogP) is 3.60. The minimum Gasteiger partial charge on any atom is -0.410 e. The van der Waals surface area contributed by atoms with Crippen LogP contribution in [0.5, 0.6) is 5.75 Å². The third-order valence-corrected chi connectivity index (χ3v) is 8.33. The maximum absolute atomic E-state index is 13.5. The van der Waals surface area contributed by atoms with Gasteiger partial charge in [-0.25, -0.2) is 13.2 Å². The van der Waals surface area contributed by atoms with Crippen molar-refractivity contribution in [3.8, 4) is 5.75 Å². The van der Waals surface area contributed by atoms with E-state index in [4.69, 9.17) is 33.7 Å². The second-order valence-electron chi connectivity index (χ2n) is 8.18. The molecule has 9 nitrogen and oxygen atoms in total. The molecule has 1 aliphatic heterocycles. The molecular formula is C25H24Cl2N4O5S. The van der Waals surface area contributed by atoms with Crippen molar-refractivity contribution in [3.05, 3.63) is 94.0 Å². The largest absolute Gasteiger partial charge is 0.417 e. The fourth-order valence-corrected chi connectivity index (χ4v) is 5.82. The van der Waals surface area contributed by atoms with Gasteiger partial charge in [0, 0.05) is 26.2 Å². The smallest absolute Gasteiger partial charge is 0.410 e. The van der Waals surface area contributed by atoms with Gasteiger partial charge in [0.2, 0.25) is 10.0 Å². The van der Waals surface area contributed by atoms with E-state index in [1.165, 1.54) is 18.2 Å². The summed E-state index contributed by atoms with van der Waals surface area (Å²) < 4.78 is 33.5. The summed E-state index contributed by atoms with van der Waals surface area (Å²) in [5, 5.41) is 2.96. The first kappa shape index (κ1) is 26.9. The summed E-state index contributed by atoms with van der Waals surface area (Å²) in [6, 6.07) is 19.5. The maximum atomic E-state index is 13.5. The van der Waals surface area contributed by atoms with Crippen molar-refractivity contribution in [2.45, 2.75) is 24.2 Å². The number of para-hydroxylation sites is 1. The Morgan fingerprint density at radius 3 is 2.38 bits per heavy atom. The SMILES string of the molecule is NCc1cccc(CNC(=O)C2N(C(=O)Oc3ccccc3)CCN2S(=O)(=O)c2ccc(Cl)c(Cl)c2)c1. The number of nitrogens with zero attached hydrogens (tertiary/aromatic N) is 2. The van der Waals surface area contributed by atoms with E-state index < -0.39 is 28.2 Å². The van der Waals surface area contributed by atoms with Crippen LogP contribution < -0.4 is 15.8 Å². The summed E-state index contributed by atoms with van der Waals surface area (Å²) in [5.41, 5.74) is 7.34. The summed E-state index contributed by atoms with van der Waals surface area (Å²) >= 11 is 12.0. The van der Waals surface area contributed by atoms with Gasteiger partial charge in [-0.15, -0.1) is 0 Å². The van der Waals surface area contributed by atoms with Crippen LogP contribution in [-0.4, -0.2) is 48.9 Å². The Balaban J connectivity index is 1.62. The molecule has 1 unspecified atom stereocenters. The molecule has 1 heterocycles. The van der Waals surface area contributed by atoms with Crippen LogP contribution >= 0.6 is 23.2 Å². The van der Waals surface area contributed by atoms with Crippen LogP contribution in [0.25, 0.3) is 0 Å². The van der Waals surface area contributed by atoms with E-state index in [1.54, 1.807) is 36.4 Å². The van der Waals surface area contributed by atoms with Crippen LogP contribution in [0, 0.1) is 0 Å². The summed E-state index contributed by atoms with van der Waals surface area (Å²) in [5.74, 6) is -0.430. The van der Waals surface area contributed by atoms with Crippen LogP contribution in [0.15, 0.2) is 77.7 Å². The second-order valence-corrected chi connectivity index (χ2v) is 10.9. The minimum absolute atomic E-state index is 0.0445. The predicted molar refractivity (Wildman–Crippen MR) is 139 cm³/mol. The molecule has 1 atom stereocenters. The highest BCUT2D eigenvalue weighted by molar-refractivity contribution is 7.89. The number of rotatable bonds is 7. The van der Waals surface area contributed by atoms with Gasteiger partial charge in [0.1, 0.15) is 5.75 Å². The quantitative estimate of drug-likeness (QED) is 0.453. The molecule has 1 aliphatic rings. The Hall–Kier alpha value is -3.15. The molecule has 0 bridgehead atoms. The fourth-order valence-electron chi connectivity index (χ4n) is 3.89. The van der Waals surface area contributed by atoms with Crippen molar-refractivity contribution in [1.29, 1.82) is 0 Å². The van der Waals surface area contributed by atoms with Crippen LogP contribution in [0.4, 0.5) is 4.79 Å². The number of halogens is 2. The van der Waals surface area contributed by atoms with Crippen molar-refractivity contribution in [2.75, 3.05) is 13.1 Å². The Labute approximate surface area is 224 Å². The Morgan fingerprint density at radius 2 is 1.68 bits per heavy atom. The van der Waals surface area contributed by atoms with Gasteiger partial charge >= 0.3 is 6.09 Å². The van der Waals surface area contributed by atoms with Gasteiger partial charge in [0.05, 0.1) is 14.9 Å². The first-order valence-corrected chi connectivity index (χ1v) is 13.5. The molecule has 0 radical (unpaired) electrons. The summed E-state index contributed by atoms with van der Waals surface area (Å²) in [4.78, 5) is 27.4. The number of carbonyl (C=O) groups is 2. The molecule has 0 spiro atoms. The highest BCUT2D eigenvalue weighted by atomic mass is 35.5. The molecule has 0 saturated carbocycles. The number of hydrogen-bond acceptors (Lipinski definition) is 6. The van der Waals surface area contributed by atoms with Crippen LogP contribution in [0.1, 0.15) is 11.1 Å². The summed E-state index contributed by atoms with van der Waals surface area (Å²) in [6.07, 6.45) is -2.35. The molecular weight excluding hydrogens is 539 g/mol. The third kappa shape index (κ3) is 6.06. The summed E-state index contributed by atoms with van der Waals surface area (Å²) in [7, 11) is -4.24. The first-order valence-electron chi connectivity index (χ1n) is 11.3. The number of carbonyl (C=O) groups excluding carboxylic acids is 2. The lowest BCUT2D eigenvalue weighted by Gasteiger charge is -2.28. The van der Waals surface area contributed by atoms with Crippen LogP contribution in [0.3, 0.4) is 0 Å². The van der Waals surface area contributed by atoms with Crippen molar-refractivity contribution >= 4 is 45.2 Å². The van der Waals surface area contributed by atoms with Gasteiger partial charge in [-0.2, -0.15) is 4.31 Å². The Kier molecular flexibility index (Phi) is 8.35. The molecule has 3 N–H and O–H groups in total. The number of sulfonamides is 1. The van der Waals surface area contributed by atoms with Gasteiger partial charge in [0.25, 0.3) is 5.91 Å². The lowest BCUT2D eigenvalue weighted by molar-refractivity contribution is -0.127. The van der Waals surface area contributed by atoms with E-state index in [2.05, 4.69) is 5.32 Å². The number of nitrogens with one attached hydrogen (secondary N) is 1. The Morgan fingerprint density at radius 1 is 0.946 bits per heavy atom. The molecule has 1 saturated heterocycles. The number of ether oxygens (including phenoxy) is 1. The highest BCUT2D eigenvalue weighted by Crippen LogP contribution is 2.30. The number of hydrogen-bond donors (Lipinski definition) is 2. The van der Waals surface area contributed by atoms with Gasteiger partial charge in [0.15, 0.2) is 6.17 Å². The zero-order chi connectivity index (χ0) is 26.6. The lowest BCUT2D eigenvalue weighted by Crippen LogP contribution is -2.54. The van der Waals surface area contributed by atoms with Gasteiger partial charge in [-0.3, -0.25) is 9.69 Å². The third-order valence-electron chi connectivity index (χ3n) is 5.74. The zero-order valence-corrected chi connectivity index (χ0v) is 21.8. The van der Waals surface area contributed by atoms with Gasteiger partial charge in [-0.1, -0.05) is 65.7 Å². The molecule has 4 rings (SSSR count). The van der Waals surface area contributed by atoms with E-state index in [0.29, 0.717) is 6.54 Å². The van der Waals surface area contributed by atoms with Crippen molar-refractivity contribution < 1.29 is 22.7 Å². The topological polar surface area (TPSA) is 122 Å². The van der Waals surface area contributed by atoms with Crippen molar-refractivity contribution in [1.82, 2.24) is 14.5 Å². The molecule has 0 aromatic heterocycles.